The van der Waals surface area contributed by atoms with Gasteiger partial charge in [-0.3, -0.25) is 9.69 Å². The second kappa shape index (κ2) is 7.19. The van der Waals surface area contributed by atoms with Crippen LogP contribution in [0.4, 0.5) is 0 Å². The second-order valence-electron chi connectivity index (χ2n) is 6.13. The molecule has 0 aliphatic carbocycles. The van der Waals surface area contributed by atoms with Crippen LogP contribution < -0.4 is 5.32 Å². The lowest BCUT2D eigenvalue weighted by molar-refractivity contribution is -0.122. The molecule has 1 amide bonds. The standard InChI is InChI=1S/C19H22N4OS/c1-4-5-11-22-18(24)17(20-19(22)25)12-16-13(2)21-23(14(16)3)15-9-7-6-8-10-15/h6-10,12H,4-5,11H2,1-3H3,(H,20,25). The summed E-state index contributed by atoms with van der Waals surface area (Å²) in [5.41, 5.74) is 4.32. The highest BCUT2D eigenvalue weighted by Gasteiger charge is 2.30. The number of carbonyl (C=O) groups excluding carboxylic acids is 1. The van der Waals surface area contributed by atoms with Gasteiger partial charge >= 0.3 is 0 Å². The average molecular weight is 354 g/mol. The first-order valence-corrected chi connectivity index (χ1v) is 8.90. The van der Waals surface area contributed by atoms with Crippen molar-refractivity contribution in [3.05, 3.63) is 53.0 Å². The maximum absolute atomic E-state index is 12.6. The summed E-state index contributed by atoms with van der Waals surface area (Å²) in [6.07, 6.45) is 3.82. The van der Waals surface area contributed by atoms with Crippen molar-refractivity contribution in [1.29, 1.82) is 0 Å². The molecular formula is C19H22N4OS. The van der Waals surface area contributed by atoms with Crippen LogP contribution in [0.25, 0.3) is 11.8 Å². The van der Waals surface area contributed by atoms with E-state index in [0.717, 1.165) is 35.5 Å². The van der Waals surface area contributed by atoms with E-state index in [9.17, 15) is 4.79 Å². The summed E-state index contributed by atoms with van der Waals surface area (Å²) < 4.78 is 1.90. The Labute approximate surface area is 153 Å². The van der Waals surface area contributed by atoms with E-state index in [4.69, 9.17) is 12.2 Å². The van der Waals surface area contributed by atoms with Gasteiger partial charge in [-0.05, 0) is 50.7 Å². The van der Waals surface area contributed by atoms with Crippen LogP contribution in [0, 0.1) is 13.8 Å². The Morgan fingerprint density at radius 1 is 1.24 bits per heavy atom. The number of nitrogens with zero attached hydrogens (tertiary/aromatic N) is 3. The van der Waals surface area contributed by atoms with Crippen molar-refractivity contribution in [2.75, 3.05) is 6.54 Å². The number of para-hydroxylation sites is 1. The van der Waals surface area contributed by atoms with Gasteiger partial charge in [-0.1, -0.05) is 31.5 Å². The van der Waals surface area contributed by atoms with Crippen LogP contribution in [0.2, 0.25) is 0 Å². The molecule has 0 radical (unpaired) electrons. The molecule has 2 heterocycles. The SMILES string of the molecule is CCCCN1C(=O)C(=Cc2c(C)nn(-c3ccccc3)c2C)NC1=S. The van der Waals surface area contributed by atoms with Gasteiger partial charge in [-0.15, -0.1) is 0 Å². The molecule has 0 spiro atoms. The quantitative estimate of drug-likeness (QED) is 0.661. The van der Waals surface area contributed by atoms with Crippen molar-refractivity contribution in [2.24, 2.45) is 0 Å². The van der Waals surface area contributed by atoms with E-state index in [1.807, 2.05) is 54.9 Å². The van der Waals surface area contributed by atoms with E-state index in [0.29, 0.717) is 17.4 Å². The Hall–Kier alpha value is -2.47. The van der Waals surface area contributed by atoms with Gasteiger partial charge in [0.1, 0.15) is 5.70 Å². The average Bonchev–Trinajstić information content (AvgIpc) is 3.04. The van der Waals surface area contributed by atoms with E-state index in [-0.39, 0.29) is 5.91 Å². The van der Waals surface area contributed by atoms with Crippen molar-refractivity contribution >= 4 is 29.3 Å². The number of carbonyl (C=O) groups is 1. The molecule has 6 heteroatoms. The Morgan fingerprint density at radius 3 is 2.64 bits per heavy atom. The van der Waals surface area contributed by atoms with E-state index >= 15 is 0 Å². The number of aromatic nitrogens is 2. The van der Waals surface area contributed by atoms with Gasteiger partial charge in [0.2, 0.25) is 0 Å². The molecule has 1 aliphatic rings. The van der Waals surface area contributed by atoms with Gasteiger partial charge in [0.25, 0.3) is 5.91 Å². The van der Waals surface area contributed by atoms with Crippen LogP contribution in [0.3, 0.4) is 0 Å². The summed E-state index contributed by atoms with van der Waals surface area (Å²) in [6, 6.07) is 9.96. The van der Waals surface area contributed by atoms with Crippen LogP contribution in [-0.2, 0) is 4.79 Å². The lowest BCUT2D eigenvalue weighted by atomic mass is 10.1. The molecule has 1 saturated heterocycles. The monoisotopic (exact) mass is 354 g/mol. The van der Waals surface area contributed by atoms with Gasteiger partial charge in [-0.25, -0.2) is 4.68 Å². The van der Waals surface area contributed by atoms with Gasteiger partial charge < -0.3 is 5.32 Å². The lowest BCUT2D eigenvalue weighted by Crippen LogP contribution is -2.31. The van der Waals surface area contributed by atoms with Crippen molar-refractivity contribution in [2.45, 2.75) is 33.6 Å². The van der Waals surface area contributed by atoms with Gasteiger partial charge in [-0.2, -0.15) is 5.10 Å². The number of hydrogen-bond donors (Lipinski definition) is 1. The molecule has 1 fully saturated rings. The molecule has 0 bridgehead atoms. The minimum absolute atomic E-state index is 0.0651. The highest BCUT2D eigenvalue weighted by molar-refractivity contribution is 7.80. The zero-order valence-electron chi connectivity index (χ0n) is 14.7. The summed E-state index contributed by atoms with van der Waals surface area (Å²) >= 11 is 5.30. The molecule has 5 nitrogen and oxygen atoms in total. The highest BCUT2D eigenvalue weighted by atomic mass is 32.1. The number of hydrogen-bond acceptors (Lipinski definition) is 3. The fourth-order valence-electron chi connectivity index (χ4n) is 2.92. The Kier molecular flexibility index (Phi) is 4.99. The molecule has 0 atom stereocenters. The van der Waals surface area contributed by atoms with Crippen molar-refractivity contribution < 1.29 is 4.79 Å². The predicted molar refractivity (Wildman–Crippen MR) is 103 cm³/mol. The molecule has 1 aromatic carbocycles. The summed E-state index contributed by atoms with van der Waals surface area (Å²) in [7, 11) is 0. The molecule has 25 heavy (non-hydrogen) atoms. The maximum atomic E-state index is 12.6. The fraction of sp³-hybridized carbons (Fsp3) is 0.316. The second-order valence-corrected chi connectivity index (χ2v) is 6.52. The molecule has 1 N–H and O–H groups in total. The molecule has 1 aliphatic heterocycles. The highest BCUT2D eigenvalue weighted by Crippen LogP contribution is 2.22. The number of rotatable bonds is 5. The molecular weight excluding hydrogens is 332 g/mol. The number of thiocarbonyl (C=S) groups is 1. The van der Waals surface area contributed by atoms with Crippen molar-refractivity contribution in [3.63, 3.8) is 0 Å². The minimum Gasteiger partial charge on any atom is -0.328 e. The van der Waals surface area contributed by atoms with Crippen molar-refractivity contribution in [1.82, 2.24) is 20.0 Å². The Balaban J connectivity index is 1.93. The summed E-state index contributed by atoms with van der Waals surface area (Å²) in [5.74, 6) is -0.0651. The van der Waals surface area contributed by atoms with E-state index in [2.05, 4.69) is 17.3 Å². The van der Waals surface area contributed by atoms with Crippen LogP contribution >= 0.6 is 12.2 Å². The molecule has 130 valence electrons. The zero-order valence-corrected chi connectivity index (χ0v) is 15.6. The largest absolute Gasteiger partial charge is 0.328 e. The van der Waals surface area contributed by atoms with Gasteiger partial charge in [0, 0.05) is 17.8 Å². The topological polar surface area (TPSA) is 50.2 Å². The van der Waals surface area contributed by atoms with Crippen LogP contribution in [0.5, 0.6) is 0 Å². The lowest BCUT2D eigenvalue weighted by Gasteiger charge is -2.12. The van der Waals surface area contributed by atoms with Gasteiger partial charge in [0.05, 0.1) is 11.4 Å². The Bertz CT molecular complexity index is 839. The maximum Gasteiger partial charge on any atom is 0.276 e. The zero-order chi connectivity index (χ0) is 18.0. The third kappa shape index (κ3) is 3.35. The third-order valence-electron chi connectivity index (χ3n) is 4.33. The first kappa shape index (κ1) is 17.4. The van der Waals surface area contributed by atoms with Crippen LogP contribution in [0.15, 0.2) is 36.0 Å². The smallest absolute Gasteiger partial charge is 0.276 e. The van der Waals surface area contributed by atoms with Gasteiger partial charge in [0.15, 0.2) is 5.11 Å². The predicted octanol–water partition coefficient (Wildman–Crippen LogP) is 3.35. The number of aryl methyl sites for hydroxylation is 1. The molecule has 0 unspecified atom stereocenters. The normalized spacial score (nSPS) is 16.0. The molecule has 3 rings (SSSR count). The third-order valence-corrected chi connectivity index (χ3v) is 4.66. The van der Waals surface area contributed by atoms with E-state index < -0.39 is 0 Å². The van der Waals surface area contributed by atoms with E-state index in [1.54, 1.807) is 4.90 Å². The first-order valence-electron chi connectivity index (χ1n) is 8.49. The number of nitrogens with one attached hydrogen (secondary N) is 1. The summed E-state index contributed by atoms with van der Waals surface area (Å²) in [4.78, 5) is 14.2. The van der Waals surface area contributed by atoms with Crippen molar-refractivity contribution in [3.8, 4) is 5.69 Å². The molecule has 2 aromatic rings. The Morgan fingerprint density at radius 2 is 1.96 bits per heavy atom. The summed E-state index contributed by atoms with van der Waals surface area (Å²) in [6.45, 7) is 6.70. The van der Waals surface area contributed by atoms with Crippen LogP contribution in [-0.4, -0.2) is 32.2 Å². The minimum atomic E-state index is -0.0651. The fourth-order valence-corrected chi connectivity index (χ4v) is 3.20. The number of benzene rings is 1. The molecule has 0 saturated carbocycles. The summed E-state index contributed by atoms with van der Waals surface area (Å²) in [5, 5.41) is 8.15. The van der Waals surface area contributed by atoms with E-state index in [1.165, 1.54) is 0 Å². The first-order chi connectivity index (χ1) is 12.0. The number of unbranched alkanes of at least 4 members (excludes halogenated alkanes) is 1. The molecule has 1 aromatic heterocycles. The number of amides is 1. The van der Waals surface area contributed by atoms with Crippen LogP contribution in [0.1, 0.15) is 36.7 Å².